The van der Waals surface area contributed by atoms with Crippen LogP contribution < -0.4 is 0 Å². The third kappa shape index (κ3) is 4.44. The Balaban J connectivity index is 1.39. The highest BCUT2D eigenvalue weighted by Crippen LogP contribution is 2.47. The van der Waals surface area contributed by atoms with Crippen LogP contribution in [-0.4, -0.2) is 34.5 Å². The second-order valence-corrected chi connectivity index (χ2v) is 9.62. The Hall–Kier alpha value is -1.65. The lowest BCUT2D eigenvalue weighted by Crippen LogP contribution is -2.33. The zero-order chi connectivity index (χ0) is 20.4. The molecule has 3 aliphatic rings. The molecule has 4 heteroatoms. The van der Waals surface area contributed by atoms with E-state index >= 15 is 0 Å². The van der Waals surface area contributed by atoms with E-state index in [4.69, 9.17) is 9.84 Å². The Bertz CT molecular complexity index is 732. The molecule has 2 N–H and O–H groups in total. The SMILES string of the molecule is CC1(C(O)C=CC2C3CCC(O3)C2CCc2ccc(C(=O)O)cc2)CCCCC1. The van der Waals surface area contributed by atoms with Gasteiger partial charge in [0.05, 0.1) is 23.9 Å². The molecular weight excluding hydrogens is 364 g/mol. The number of aliphatic hydroxyl groups is 1. The van der Waals surface area contributed by atoms with Crippen molar-refractivity contribution in [2.24, 2.45) is 17.3 Å². The first-order valence-electron chi connectivity index (χ1n) is 11.3. The predicted octanol–water partition coefficient (Wildman–Crippen LogP) is 5.00. The number of carboxylic acid groups (broad SMARTS) is 1. The van der Waals surface area contributed by atoms with Gasteiger partial charge in [0.25, 0.3) is 0 Å². The van der Waals surface area contributed by atoms with E-state index in [2.05, 4.69) is 19.1 Å². The Morgan fingerprint density at radius 1 is 1.17 bits per heavy atom. The van der Waals surface area contributed by atoms with Crippen molar-refractivity contribution in [2.45, 2.75) is 83.0 Å². The topological polar surface area (TPSA) is 66.8 Å². The van der Waals surface area contributed by atoms with Gasteiger partial charge in [-0.25, -0.2) is 4.79 Å². The van der Waals surface area contributed by atoms with Crippen LogP contribution in [0.25, 0.3) is 0 Å². The molecule has 5 unspecified atom stereocenters. The van der Waals surface area contributed by atoms with Crippen LogP contribution in [0.4, 0.5) is 0 Å². The summed E-state index contributed by atoms with van der Waals surface area (Å²) in [5, 5.41) is 19.9. The van der Waals surface area contributed by atoms with Gasteiger partial charge in [0.1, 0.15) is 0 Å². The number of ether oxygens (including phenoxy) is 1. The number of carboxylic acids is 1. The van der Waals surface area contributed by atoms with Gasteiger partial charge in [-0.2, -0.15) is 0 Å². The molecule has 1 aromatic carbocycles. The lowest BCUT2D eigenvalue weighted by Gasteiger charge is -2.37. The van der Waals surface area contributed by atoms with Crippen molar-refractivity contribution in [3.8, 4) is 0 Å². The lowest BCUT2D eigenvalue weighted by molar-refractivity contribution is 0.0431. The van der Waals surface area contributed by atoms with Gasteiger partial charge in [-0.15, -0.1) is 0 Å². The van der Waals surface area contributed by atoms with Crippen LogP contribution >= 0.6 is 0 Å². The average Bonchev–Trinajstić information content (AvgIpc) is 3.33. The minimum absolute atomic E-state index is 0.0224. The maximum Gasteiger partial charge on any atom is 0.335 e. The van der Waals surface area contributed by atoms with Crippen LogP contribution in [0.2, 0.25) is 0 Å². The van der Waals surface area contributed by atoms with Gasteiger partial charge in [0.15, 0.2) is 0 Å². The van der Waals surface area contributed by atoms with E-state index in [0.717, 1.165) is 38.5 Å². The predicted molar refractivity (Wildman–Crippen MR) is 113 cm³/mol. The third-order valence-electron chi connectivity index (χ3n) is 7.68. The Morgan fingerprint density at radius 2 is 1.86 bits per heavy atom. The van der Waals surface area contributed by atoms with Gasteiger partial charge in [0, 0.05) is 5.92 Å². The Kier molecular flexibility index (Phi) is 6.12. The van der Waals surface area contributed by atoms with Crippen molar-refractivity contribution in [3.05, 3.63) is 47.5 Å². The van der Waals surface area contributed by atoms with Gasteiger partial charge in [0.2, 0.25) is 0 Å². The molecule has 29 heavy (non-hydrogen) atoms. The van der Waals surface area contributed by atoms with Gasteiger partial charge in [-0.05, 0) is 67.6 Å². The van der Waals surface area contributed by atoms with Crippen LogP contribution in [-0.2, 0) is 11.2 Å². The van der Waals surface area contributed by atoms with Crippen molar-refractivity contribution in [2.75, 3.05) is 0 Å². The van der Waals surface area contributed by atoms with E-state index in [1.807, 2.05) is 12.1 Å². The summed E-state index contributed by atoms with van der Waals surface area (Å²) in [7, 11) is 0. The first-order valence-corrected chi connectivity index (χ1v) is 11.3. The van der Waals surface area contributed by atoms with Crippen LogP contribution in [0.5, 0.6) is 0 Å². The highest BCUT2D eigenvalue weighted by Gasteiger charge is 2.47. The molecule has 2 aliphatic heterocycles. The summed E-state index contributed by atoms with van der Waals surface area (Å²) in [5.74, 6) is -0.0159. The van der Waals surface area contributed by atoms with Gasteiger partial charge in [-0.3, -0.25) is 0 Å². The molecule has 0 aromatic heterocycles. The fraction of sp³-hybridized carbons (Fsp3) is 0.640. The molecule has 1 aliphatic carbocycles. The minimum Gasteiger partial charge on any atom is -0.478 e. The fourth-order valence-corrected chi connectivity index (χ4v) is 5.72. The van der Waals surface area contributed by atoms with E-state index in [1.165, 1.54) is 24.8 Å². The smallest absolute Gasteiger partial charge is 0.335 e. The number of aryl methyl sites for hydroxylation is 1. The standard InChI is InChI=1S/C25H34O4/c1-25(15-3-2-4-16-25)23(26)14-11-20-19(21-12-13-22(20)29-21)10-7-17-5-8-18(9-6-17)24(27)28/h5-6,8-9,11,14,19-23,26H,2-4,7,10,12-13,15-16H2,1H3,(H,27,28). The van der Waals surface area contributed by atoms with E-state index in [1.54, 1.807) is 12.1 Å². The number of hydrogen-bond donors (Lipinski definition) is 2. The molecule has 1 aromatic rings. The summed E-state index contributed by atoms with van der Waals surface area (Å²) in [4.78, 5) is 11.0. The molecule has 5 atom stereocenters. The first kappa shape index (κ1) is 20.6. The van der Waals surface area contributed by atoms with Gasteiger partial charge in [-0.1, -0.05) is 50.5 Å². The number of benzene rings is 1. The summed E-state index contributed by atoms with van der Waals surface area (Å²) >= 11 is 0. The van der Waals surface area contributed by atoms with Gasteiger partial charge >= 0.3 is 5.97 Å². The van der Waals surface area contributed by atoms with E-state index in [-0.39, 0.29) is 11.5 Å². The molecule has 2 bridgehead atoms. The van der Waals surface area contributed by atoms with Gasteiger partial charge < -0.3 is 14.9 Å². The number of aromatic carboxylic acids is 1. The molecular formula is C25H34O4. The summed E-state index contributed by atoms with van der Waals surface area (Å²) in [6, 6.07) is 7.23. The summed E-state index contributed by atoms with van der Waals surface area (Å²) in [6.45, 7) is 2.23. The molecule has 3 fully saturated rings. The summed E-state index contributed by atoms with van der Waals surface area (Å²) < 4.78 is 6.23. The second-order valence-electron chi connectivity index (χ2n) is 9.62. The van der Waals surface area contributed by atoms with Crippen molar-refractivity contribution in [1.82, 2.24) is 0 Å². The van der Waals surface area contributed by atoms with E-state index in [9.17, 15) is 9.90 Å². The molecule has 4 nitrogen and oxygen atoms in total. The number of aliphatic hydroxyl groups excluding tert-OH is 1. The highest BCUT2D eigenvalue weighted by molar-refractivity contribution is 5.87. The number of hydrogen-bond acceptors (Lipinski definition) is 3. The zero-order valence-electron chi connectivity index (χ0n) is 17.4. The van der Waals surface area contributed by atoms with Crippen LogP contribution in [0.3, 0.4) is 0 Å². The molecule has 0 amide bonds. The zero-order valence-corrected chi connectivity index (χ0v) is 17.4. The third-order valence-corrected chi connectivity index (χ3v) is 7.68. The first-order chi connectivity index (χ1) is 14.0. The summed E-state index contributed by atoms with van der Waals surface area (Å²) in [5.41, 5.74) is 1.53. The van der Waals surface area contributed by atoms with Crippen LogP contribution in [0.1, 0.15) is 74.2 Å². The van der Waals surface area contributed by atoms with Crippen LogP contribution in [0, 0.1) is 17.3 Å². The van der Waals surface area contributed by atoms with Crippen molar-refractivity contribution in [3.63, 3.8) is 0 Å². The normalized spacial score (nSPS) is 31.9. The van der Waals surface area contributed by atoms with E-state index in [0.29, 0.717) is 29.6 Å². The van der Waals surface area contributed by atoms with Crippen molar-refractivity contribution >= 4 is 5.97 Å². The lowest BCUT2D eigenvalue weighted by atomic mass is 9.71. The quantitative estimate of drug-likeness (QED) is 0.635. The maximum absolute atomic E-state index is 11.0. The fourth-order valence-electron chi connectivity index (χ4n) is 5.72. The second kappa shape index (κ2) is 8.61. The Labute approximate surface area is 174 Å². The highest BCUT2D eigenvalue weighted by atomic mass is 16.5. The number of fused-ring (bicyclic) bond motifs is 2. The minimum atomic E-state index is -0.881. The van der Waals surface area contributed by atoms with Crippen molar-refractivity contribution in [1.29, 1.82) is 0 Å². The number of rotatable bonds is 7. The molecule has 1 saturated carbocycles. The molecule has 2 heterocycles. The Morgan fingerprint density at radius 3 is 2.55 bits per heavy atom. The molecule has 0 spiro atoms. The number of carbonyl (C=O) groups is 1. The summed E-state index contributed by atoms with van der Waals surface area (Å²) in [6.07, 6.45) is 14.8. The maximum atomic E-state index is 11.0. The largest absolute Gasteiger partial charge is 0.478 e. The molecule has 0 radical (unpaired) electrons. The van der Waals surface area contributed by atoms with E-state index < -0.39 is 5.97 Å². The monoisotopic (exact) mass is 398 g/mol. The average molecular weight is 399 g/mol. The molecule has 2 saturated heterocycles. The molecule has 4 rings (SSSR count). The van der Waals surface area contributed by atoms with Crippen LogP contribution in [0.15, 0.2) is 36.4 Å². The van der Waals surface area contributed by atoms with Crippen molar-refractivity contribution < 1.29 is 19.7 Å². The molecule has 158 valence electrons.